The summed E-state index contributed by atoms with van der Waals surface area (Å²) in [6, 6.07) is 9.74. The predicted octanol–water partition coefficient (Wildman–Crippen LogP) is 5.02. The van der Waals surface area contributed by atoms with Crippen LogP contribution in [-0.4, -0.2) is 12.6 Å². The third-order valence-electron chi connectivity index (χ3n) is 3.37. The van der Waals surface area contributed by atoms with E-state index in [0.29, 0.717) is 12.5 Å². The normalized spacial score (nSPS) is 12.3. The maximum absolute atomic E-state index is 11.6. The van der Waals surface area contributed by atoms with E-state index >= 15 is 0 Å². The Balaban J connectivity index is 2.15. The molecule has 0 unspecified atom stereocenters. The standard InChI is InChI=1S/C19H26O2/c1-16(2)8-7-9-17(3)14-15-21-19(20)13-12-18-10-5-4-6-11-18/h4-6,10-13,17H,1,7-9,14-15H2,2-3H3/t17-/m0/s1. The van der Waals surface area contributed by atoms with Crippen LogP contribution >= 0.6 is 0 Å². The molecule has 0 aromatic heterocycles. The summed E-state index contributed by atoms with van der Waals surface area (Å²) in [6.45, 7) is 8.66. The van der Waals surface area contributed by atoms with Crippen LogP contribution in [0.2, 0.25) is 0 Å². The van der Waals surface area contributed by atoms with Crippen molar-refractivity contribution in [3.8, 4) is 0 Å². The second-order valence-corrected chi connectivity index (χ2v) is 5.65. The lowest BCUT2D eigenvalue weighted by molar-refractivity contribution is -0.138. The fraction of sp³-hybridized carbons (Fsp3) is 0.421. The van der Waals surface area contributed by atoms with Crippen molar-refractivity contribution in [3.05, 3.63) is 54.1 Å². The first kappa shape index (κ1) is 17.2. The number of esters is 1. The molecule has 0 amide bonds. The molecule has 21 heavy (non-hydrogen) atoms. The molecule has 1 aromatic rings. The van der Waals surface area contributed by atoms with Gasteiger partial charge in [-0.05, 0) is 43.7 Å². The summed E-state index contributed by atoms with van der Waals surface area (Å²) in [5, 5.41) is 0. The van der Waals surface area contributed by atoms with Gasteiger partial charge in [-0.3, -0.25) is 0 Å². The first-order chi connectivity index (χ1) is 10.1. The summed E-state index contributed by atoms with van der Waals surface area (Å²) in [7, 11) is 0. The van der Waals surface area contributed by atoms with Gasteiger partial charge in [-0.25, -0.2) is 4.79 Å². The minimum absolute atomic E-state index is 0.270. The van der Waals surface area contributed by atoms with Crippen molar-refractivity contribution in [1.29, 1.82) is 0 Å². The molecular weight excluding hydrogens is 260 g/mol. The summed E-state index contributed by atoms with van der Waals surface area (Å²) in [5.41, 5.74) is 2.24. The van der Waals surface area contributed by atoms with Gasteiger partial charge in [-0.2, -0.15) is 0 Å². The van der Waals surface area contributed by atoms with Gasteiger partial charge in [0.1, 0.15) is 0 Å². The zero-order valence-electron chi connectivity index (χ0n) is 13.2. The number of carbonyl (C=O) groups is 1. The Morgan fingerprint density at radius 3 is 2.67 bits per heavy atom. The van der Waals surface area contributed by atoms with Crippen LogP contribution < -0.4 is 0 Å². The van der Waals surface area contributed by atoms with Crippen LogP contribution in [0.3, 0.4) is 0 Å². The first-order valence-electron chi connectivity index (χ1n) is 7.62. The van der Waals surface area contributed by atoms with E-state index in [2.05, 4.69) is 20.4 Å². The lowest BCUT2D eigenvalue weighted by Crippen LogP contribution is -2.06. The van der Waals surface area contributed by atoms with E-state index in [1.54, 1.807) is 6.08 Å². The van der Waals surface area contributed by atoms with E-state index in [0.717, 1.165) is 24.8 Å². The van der Waals surface area contributed by atoms with Crippen LogP contribution in [-0.2, 0) is 9.53 Å². The van der Waals surface area contributed by atoms with Crippen molar-refractivity contribution in [2.75, 3.05) is 6.61 Å². The molecule has 0 fully saturated rings. The highest BCUT2D eigenvalue weighted by molar-refractivity contribution is 5.86. The molecule has 0 spiro atoms. The van der Waals surface area contributed by atoms with Gasteiger partial charge in [0.15, 0.2) is 0 Å². The molecule has 1 atom stereocenters. The van der Waals surface area contributed by atoms with Crippen molar-refractivity contribution in [2.24, 2.45) is 5.92 Å². The van der Waals surface area contributed by atoms with E-state index in [9.17, 15) is 4.79 Å². The van der Waals surface area contributed by atoms with Gasteiger partial charge in [0.25, 0.3) is 0 Å². The number of rotatable bonds is 9. The molecule has 1 aromatic carbocycles. The van der Waals surface area contributed by atoms with Gasteiger partial charge in [-0.15, -0.1) is 6.58 Å². The largest absolute Gasteiger partial charge is 0.463 e. The van der Waals surface area contributed by atoms with Crippen molar-refractivity contribution < 1.29 is 9.53 Å². The number of allylic oxidation sites excluding steroid dienone is 1. The number of benzene rings is 1. The van der Waals surface area contributed by atoms with E-state index in [1.165, 1.54) is 18.1 Å². The van der Waals surface area contributed by atoms with Crippen LogP contribution in [0.15, 0.2) is 48.6 Å². The zero-order chi connectivity index (χ0) is 15.5. The molecular formula is C19H26O2. The molecule has 0 bridgehead atoms. The summed E-state index contributed by atoms with van der Waals surface area (Å²) in [6.07, 6.45) is 7.59. The zero-order valence-corrected chi connectivity index (χ0v) is 13.2. The molecule has 0 saturated carbocycles. The Morgan fingerprint density at radius 2 is 2.00 bits per heavy atom. The second kappa shape index (κ2) is 9.98. The third-order valence-corrected chi connectivity index (χ3v) is 3.37. The van der Waals surface area contributed by atoms with Gasteiger partial charge in [0.2, 0.25) is 0 Å². The quantitative estimate of drug-likeness (QED) is 0.362. The molecule has 2 nitrogen and oxygen atoms in total. The lowest BCUT2D eigenvalue weighted by atomic mass is 9.99. The van der Waals surface area contributed by atoms with E-state index in [-0.39, 0.29) is 5.97 Å². The van der Waals surface area contributed by atoms with Crippen LogP contribution in [0.4, 0.5) is 0 Å². The summed E-state index contributed by atoms with van der Waals surface area (Å²) in [4.78, 5) is 11.6. The highest BCUT2D eigenvalue weighted by atomic mass is 16.5. The van der Waals surface area contributed by atoms with E-state index in [1.807, 2.05) is 30.3 Å². The highest BCUT2D eigenvalue weighted by Gasteiger charge is 2.04. The van der Waals surface area contributed by atoms with Crippen molar-refractivity contribution in [3.63, 3.8) is 0 Å². The first-order valence-corrected chi connectivity index (χ1v) is 7.62. The van der Waals surface area contributed by atoms with Crippen molar-refractivity contribution >= 4 is 12.0 Å². The van der Waals surface area contributed by atoms with Crippen LogP contribution in [0, 0.1) is 5.92 Å². The van der Waals surface area contributed by atoms with Gasteiger partial charge >= 0.3 is 5.97 Å². The molecule has 0 aliphatic heterocycles. The molecule has 0 saturated heterocycles. The van der Waals surface area contributed by atoms with Crippen molar-refractivity contribution in [2.45, 2.75) is 39.5 Å². The van der Waals surface area contributed by atoms with Gasteiger partial charge in [0, 0.05) is 6.08 Å². The lowest BCUT2D eigenvalue weighted by Gasteiger charge is -2.10. The fourth-order valence-corrected chi connectivity index (χ4v) is 2.03. The SMILES string of the molecule is C=C(C)CCC[C@H](C)CCOC(=O)C=Cc1ccccc1. The Bertz CT molecular complexity index is 460. The maximum atomic E-state index is 11.6. The smallest absolute Gasteiger partial charge is 0.330 e. The number of carbonyl (C=O) groups excluding carboxylic acids is 1. The van der Waals surface area contributed by atoms with Gasteiger partial charge < -0.3 is 4.74 Å². The number of hydrogen-bond acceptors (Lipinski definition) is 2. The third kappa shape index (κ3) is 8.85. The minimum atomic E-state index is -0.270. The minimum Gasteiger partial charge on any atom is -0.463 e. The average molecular weight is 286 g/mol. The number of ether oxygens (including phenoxy) is 1. The maximum Gasteiger partial charge on any atom is 0.330 e. The predicted molar refractivity (Wildman–Crippen MR) is 88.9 cm³/mol. The molecule has 0 aliphatic rings. The second-order valence-electron chi connectivity index (χ2n) is 5.65. The molecule has 1 rings (SSSR count). The van der Waals surface area contributed by atoms with Crippen molar-refractivity contribution in [1.82, 2.24) is 0 Å². The molecule has 2 heteroatoms. The van der Waals surface area contributed by atoms with Gasteiger partial charge in [-0.1, -0.05) is 49.2 Å². The Labute approximate surface area is 128 Å². The van der Waals surface area contributed by atoms with Gasteiger partial charge in [0.05, 0.1) is 6.61 Å². The topological polar surface area (TPSA) is 26.3 Å². The Kier molecular flexibility index (Phi) is 8.18. The molecule has 0 radical (unpaired) electrons. The average Bonchev–Trinajstić information content (AvgIpc) is 2.46. The van der Waals surface area contributed by atoms with Crippen LogP contribution in [0.5, 0.6) is 0 Å². The Hall–Kier alpha value is -1.83. The molecule has 0 N–H and O–H groups in total. The highest BCUT2D eigenvalue weighted by Crippen LogP contribution is 2.14. The summed E-state index contributed by atoms with van der Waals surface area (Å²) >= 11 is 0. The number of hydrogen-bond donors (Lipinski definition) is 0. The monoisotopic (exact) mass is 286 g/mol. The van der Waals surface area contributed by atoms with Crippen LogP contribution in [0.25, 0.3) is 6.08 Å². The molecule has 0 aliphatic carbocycles. The summed E-state index contributed by atoms with van der Waals surface area (Å²) < 4.78 is 5.22. The van der Waals surface area contributed by atoms with E-state index in [4.69, 9.17) is 4.74 Å². The Morgan fingerprint density at radius 1 is 1.29 bits per heavy atom. The fourth-order valence-electron chi connectivity index (χ4n) is 2.03. The molecule has 0 heterocycles. The summed E-state index contributed by atoms with van der Waals surface area (Å²) in [5.74, 6) is 0.309. The molecule has 114 valence electrons. The van der Waals surface area contributed by atoms with E-state index < -0.39 is 0 Å². The van der Waals surface area contributed by atoms with Crippen LogP contribution in [0.1, 0.15) is 45.1 Å².